The minimum atomic E-state index is -1.13. The van der Waals surface area contributed by atoms with Crippen LogP contribution in [-0.2, 0) is 11.5 Å². The molecule has 0 spiro atoms. The number of fused-ring (bicyclic) bond motifs is 1. The summed E-state index contributed by atoms with van der Waals surface area (Å²) in [6.07, 6.45) is 1.03. The Hall–Kier alpha value is -1.70. The molecular weight excluding hydrogens is 312 g/mol. The van der Waals surface area contributed by atoms with Crippen molar-refractivity contribution in [3.05, 3.63) is 29.6 Å². The van der Waals surface area contributed by atoms with Crippen LogP contribution < -0.4 is 0 Å². The molecule has 7 heteroatoms. The van der Waals surface area contributed by atoms with Crippen molar-refractivity contribution < 1.29 is 19.7 Å². The van der Waals surface area contributed by atoms with Crippen LogP contribution in [0.15, 0.2) is 18.3 Å². The molecule has 6 nitrogen and oxygen atoms in total. The zero-order valence-corrected chi connectivity index (χ0v) is 15.0. The quantitative estimate of drug-likeness (QED) is 0.599. The minimum absolute atomic E-state index is 0.0641. The molecule has 0 saturated heterocycles. The average Bonchev–Trinajstić information content (AvgIpc) is 2.84. The number of pyridine rings is 1. The van der Waals surface area contributed by atoms with Gasteiger partial charge in [0.1, 0.15) is 12.4 Å². The van der Waals surface area contributed by atoms with E-state index < -0.39 is 20.1 Å². The fourth-order valence-corrected chi connectivity index (χ4v) is 3.08. The molecular formula is C16H24N2O4Si. The van der Waals surface area contributed by atoms with Gasteiger partial charge in [-0.3, -0.25) is 0 Å². The van der Waals surface area contributed by atoms with E-state index in [-0.39, 0.29) is 5.69 Å². The first-order valence-electron chi connectivity index (χ1n) is 7.68. The lowest BCUT2D eigenvalue weighted by atomic mass is 10.1. The first kappa shape index (κ1) is 17.6. The van der Waals surface area contributed by atoms with Gasteiger partial charge in [-0.05, 0) is 25.1 Å². The van der Waals surface area contributed by atoms with Crippen molar-refractivity contribution in [3.63, 3.8) is 0 Å². The largest absolute Gasteiger partial charge is 0.477 e. The van der Waals surface area contributed by atoms with E-state index in [4.69, 9.17) is 9.84 Å². The molecule has 2 N–H and O–H groups in total. The first-order chi connectivity index (χ1) is 10.7. The number of aliphatic hydroxyl groups is 1. The molecule has 2 heterocycles. The summed E-state index contributed by atoms with van der Waals surface area (Å²) in [6, 6.07) is 4.25. The lowest BCUT2D eigenvalue weighted by Crippen LogP contribution is -2.22. The summed E-state index contributed by atoms with van der Waals surface area (Å²) in [4.78, 5) is 15.3. The maximum absolute atomic E-state index is 11.2. The van der Waals surface area contributed by atoms with Crippen LogP contribution in [0.4, 0.5) is 0 Å². The number of hydrogen-bond acceptors (Lipinski definition) is 4. The molecule has 0 amide bonds. The number of nitrogens with zero attached hydrogens (tertiary/aromatic N) is 2. The van der Waals surface area contributed by atoms with Crippen molar-refractivity contribution in [2.45, 2.75) is 45.4 Å². The van der Waals surface area contributed by atoms with Gasteiger partial charge in [-0.15, -0.1) is 0 Å². The third kappa shape index (κ3) is 4.40. The van der Waals surface area contributed by atoms with E-state index in [1.165, 1.54) is 6.07 Å². The molecule has 0 aliphatic rings. The van der Waals surface area contributed by atoms with Crippen LogP contribution >= 0.6 is 0 Å². The highest BCUT2D eigenvalue weighted by molar-refractivity contribution is 6.76. The number of rotatable bonds is 7. The van der Waals surface area contributed by atoms with Gasteiger partial charge >= 0.3 is 5.97 Å². The summed E-state index contributed by atoms with van der Waals surface area (Å²) < 4.78 is 7.61. The van der Waals surface area contributed by atoms with Gasteiger partial charge in [-0.1, -0.05) is 19.6 Å². The Labute approximate surface area is 136 Å². The van der Waals surface area contributed by atoms with Crippen LogP contribution in [0.3, 0.4) is 0 Å². The Balaban J connectivity index is 2.26. The Kier molecular flexibility index (Phi) is 5.23. The fourth-order valence-electron chi connectivity index (χ4n) is 2.32. The summed E-state index contributed by atoms with van der Waals surface area (Å²) in [5, 5.41) is 19.1. The third-order valence-electron chi connectivity index (χ3n) is 3.64. The normalized spacial score (nSPS) is 13.4. The predicted molar refractivity (Wildman–Crippen MR) is 91.4 cm³/mol. The molecule has 0 aliphatic carbocycles. The van der Waals surface area contributed by atoms with Gasteiger partial charge in [0.05, 0.1) is 17.1 Å². The minimum Gasteiger partial charge on any atom is -0.477 e. The maximum atomic E-state index is 11.2. The molecule has 2 rings (SSSR count). The Morgan fingerprint density at radius 1 is 1.43 bits per heavy atom. The molecule has 0 bridgehead atoms. The SMILES string of the molecule is CC(O)c1cc(C(=O)O)nc2ccn(COCC[Si](C)(C)C)c12. The molecule has 0 radical (unpaired) electrons. The van der Waals surface area contributed by atoms with Gasteiger partial charge in [0.25, 0.3) is 0 Å². The van der Waals surface area contributed by atoms with E-state index in [9.17, 15) is 9.90 Å². The van der Waals surface area contributed by atoms with E-state index in [1.54, 1.807) is 13.0 Å². The van der Waals surface area contributed by atoms with Crippen LogP contribution in [0.1, 0.15) is 29.1 Å². The molecule has 2 aromatic rings. The molecule has 23 heavy (non-hydrogen) atoms. The monoisotopic (exact) mass is 336 g/mol. The van der Waals surface area contributed by atoms with Crippen LogP contribution in [0.25, 0.3) is 11.0 Å². The standard InChI is InChI=1S/C16H24N2O4Si/c1-11(19)12-9-14(16(20)21)17-13-5-6-18(15(12)13)10-22-7-8-23(2,3)4/h5-6,9,11,19H,7-8,10H2,1-4H3,(H,20,21). The zero-order chi connectivity index (χ0) is 17.2. The number of hydrogen-bond donors (Lipinski definition) is 2. The van der Waals surface area contributed by atoms with Crippen molar-refractivity contribution in [2.24, 2.45) is 0 Å². The van der Waals surface area contributed by atoms with Crippen molar-refractivity contribution in [1.82, 2.24) is 9.55 Å². The van der Waals surface area contributed by atoms with Gasteiger partial charge in [0.2, 0.25) is 0 Å². The molecule has 0 fully saturated rings. The Bertz CT molecular complexity index is 704. The molecule has 0 aromatic carbocycles. The molecule has 0 saturated carbocycles. The van der Waals surface area contributed by atoms with Gasteiger partial charge in [-0.2, -0.15) is 0 Å². The average molecular weight is 336 g/mol. The highest BCUT2D eigenvalue weighted by Gasteiger charge is 2.17. The van der Waals surface area contributed by atoms with Crippen LogP contribution in [-0.4, -0.2) is 40.4 Å². The fraction of sp³-hybridized carbons (Fsp3) is 0.500. The van der Waals surface area contributed by atoms with Gasteiger partial charge in [0, 0.05) is 26.4 Å². The van der Waals surface area contributed by atoms with Gasteiger partial charge in [-0.25, -0.2) is 9.78 Å². The van der Waals surface area contributed by atoms with Gasteiger partial charge < -0.3 is 19.5 Å². The Morgan fingerprint density at radius 2 is 2.13 bits per heavy atom. The summed E-state index contributed by atoms with van der Waals surface area (Å²) >= 11 is 0. The van der Waals surface area contributed by atoms with Crippen LogP contribution in [0.5, 0.6) is 0 Å². The lowest BCUT2D eigenvalue weighted by molar-refractivity contribution is 0.0690. The number of ether oxygens (including phenoxy) is 1. The molecule has 1 unspecified atom stereocenters. The number of aliphatic hydroxyl groups excluding tert-OH is 1. The van der Waals surface area contributed by atoms with E-state index >= 15 is 0 Å². The highest BCUT2D eigenvalue weighted by Crippen LogP contribution is 2.25. The topological polar surface area (TPSA) is 84.6 Å². The van der Waals surface area contributed by atoms with Crippen molar-refractivity contribution >= 4 is 25.1 Å². The van der Waals surface area contributed by atoms with Crippen LogP contribution in [0.2, 0.25) is 25.7 Å². The van der Waals surface area contributed by atoms with E-state index in [1.807, 2.05) is 10.8 Å². The zero-order valence-electron chi connectivity index (χ0n) is 14.0. The van der Waals surface area contributed by atoms with Crippen molar-refractivity contribution in [2.75, 3.05) is 6.61 Å². The number of carboxylic acid groups (broad SMARTS) is 1. The molecule has 2 aromatic heterocycles. The van der Waals surface area contributed by atoms with E-state index in [0.717, 1.165) is 11.6 Å². The van der Waals surface area contributed by atoms with Crippen LogP contribution in [0, 0.1) is 0 Å². The number of carbonyl (C=O) groups is 1. The number of aromatic carboxylic acids is 1. The third-order valence-corrected chi connectivity index (χ3v) is 5.35. The summed E-state index contributed by atoms with van der Waals surface area (Å²) in [6.45, 7) is 9.56. The second-order valence-electron chi connectivity index (χ2n) is 6.95. The van der Waals surface area contributed by atoms with Crippen molar-refractivity contribution in [1.29, 1.82) is 0 Å². The predicted octanol–water partition coefficient (Wildman–Crippen LogP) is 3.10. The molecule has 126 valence electrons. The summed E-state index contributed by atoms with van der Waals surface area (Å²) in [5.74, 6) is -1.10. The van der Waals surface area contributed by atoms with Crippen molar-refractivity contribution in [3.8, 4) is 0 Å². The van der Waals surface area contributed by atoms with E-state index in [0.29, 0.717) is 24.4 Å². The second-order valence-corrected chi connectivity index (χ2v) is 12.6. The molecule has 0 aliphatic heterocycles. The lowest BCUT2D eigenvalue weighted by Gasteiger charge is -2.16. The van der Waals surface area contributed by atoms with E-state index in [2.05, 4.69) is 24.6 Å². The molecule has 1 atom stereocenters. The first-order valence-corrected chi connectivity index (χ1v) is 11.4. The summed E-state index contributed by atoms with van der Waals surface area (Å²) in [5.41, 5.74) is 1.75. The number of aromatic nitrogens is 2. The van der Waals surface area contributed by atoms with Gasteiger partial charge in [0.15, 0.2) is 0 Å². The maximum Gasteiger partial charge on any atom is 0.354 e. The smallest absolute Gasteiger partial charge is 0.354 e. The Morgan fingerprint density at radius 3 is 2.70 bits per heavy atom. The highest BCUT2D eigenvalue weighted by atomic mass is 28.3. The number of carboxylic acids is 1. The second kappa shape index (κ2) is 6.82. The summed E-state index contributed by atoms with van der Waals surface area (Å²) in [7, 11) is -1.13.